The molecule has 0 aliphatic heterocycles. The van der Waals surface area contributed by atoms with Crippen molar-refractivity contribution in [1.29, 1.82) is 0 Å². The molecule has 3 aromatic carbocycles. The first-order chi connectivity index (χ1) is 14.9. The molecule has 0 bridgehead atoms. The van der Waals surface area contributed by atoms with E-state index in [4.69, 9.17) is 27.9 Å². The zero-order valence-electron chi connectivity index (χ0n) is 16.6. The molecule has 6 nitrogen and oxygen atoms in total. The van der Waals surface area contributed by atoms with Crippen LogP contribution in [0.2, 0.25) is 10.0 Å². The second-order valence-electron chi connectivity index (χ2n) is 6.55. The molecular formula is C23H19Cl2N3O3. The fraction of sp³-hybridized carbons (Fsp3) is 0.0870. The Morgan fingerprint density at radius 3 is 2.39 bits per heavy atom. The minimum absolute atomic E-state index is 0.419. The number of hydrogen-bond donors (Lipinski definition) is 2. The summed E-state index contributed by atoms with van der Waals surface area (Å²) >= 11 is 11.9. The Kier molecular flexibility index (Phi) is 7.65. The smallest absolute Gasteiger partial charge is 0.329 e. The number of carbonyl (C=O) groups is 2. The van der Waals surface area contributed by atoms with Gasteiger partial charge in [0.25, 0.3) is 0 Å². The first kappa shape index (κ1) is 22.3. The molecule has 0 atom stereocenters. The van der Waals surface area contributed by atoms with Gasteiger partial charge in [-0.1, -0.05) is 41.4 Å². The van der Waals surface area contributed by atoms with E-state index in [1.165, 1.54) is 6.21 Å². The predicted octanol–water partition coefficient (Wildman–Crippen LogP) is 4.97. The number of nitrogens with zero attached hydrogens (tertiary/aromatic N) is 1. The van der Waals surface area contributed by atoms with Crippen LogP contribution in [0.25, 0.3) is 0 Å². The van der Waals surface area contributed by atoms with Gasteiger partial charge in [0, 0.05) is 15.7 Å². The number of hydrazone groups is 1. The molecule has 0 heterocycles. The summed E-state index contributed by atoms with van der Waals surface area (Å²) in [6.45, 7) is 2.17. The Bertz CT molecular complexity index is 1100. The van der Waals surface area contributed by atoms with Crippen molar-refractivity contribution in [3.8, 4) is 5.75 Å². The summed E-state index contributed by atoms with van der Waals surface area (Å²) < 4.78 is 5.72. The van der Waals surface area contributed by atoms with Crippen molar-refractivity contribution in [3.05, 3.63) is 93.5 Å². The van der Waals surface area contributed by atoms with E-state index in [1.54, 1.807) is 49.4 Å². The van der Waals surface area contributed by atoms with Crippen LogP contribution in [-0.2, 0) is 16.2 Å². The highest BCUT2D eigenvalue weighted by Gasteiger charge is 2.14. The van der Waals surface area contributed by atoms with Gasteiger partial charge in [0.2, 0.25) is 0 Å². The molecule has 0 aromatic heterocycles. The lowest BCUT2D eigenvalue weighted by atomic mass is 10.2. The molecule has 31 heavy (non-hydrogen) atoms. The highest BCUT2D eigenvalue weighted by molar-refractivity contribution is 6.40. The van der Waals surface area contributed by atoms with Crippen LogP contribution in [0.4, 0.5) is 5.69 Å². The fourth-order valence-corrected chi connectivity index (χ4v) is 2.84. The summed E-state index contributed by atoms with van der Waals surface area (Å²) in [7, 11) is 0. The second-order valence-corrected chi connectivity index (χ2v) is 7.39. The molecule has 0 saturated heterocycles. The first-order valence-corrected chi connectivity index (χ1v) is 10.0. The minimum atomic E-state index is -0.890. The van der Waals surface area contributed by atoms with Gasteiger partial charge in [-0.2, -0.15) is 5.10 Å². The molecule has 0 unspecified atom stereocenters. The van der Waals surface area contributed by atoms with Crippen LogP contribution in [0, 0.1) is 6.92 Å². The standard InChI is InChI=1S/C23H19Cl2N3O3/c1-15-20(25)3-2-4-21(15)27-22(29)23(30)28-26-13-16-7-11-19(12-8-16)31-14-17-5-9-18(24)10-6-17/h2-13H,14H2,1H3,(H,27,29)(H,28,30). The third-order valence-electron chi connectivity index (χ3n) is 4.30. The van der Waals surface area contributed by atoms with Gasteiger partial charge in [-0.3, -0.25) is 9.59 Å². The summed E-state index contributed by atoms with van der Waals surface area (Å²) in [5.41, 5.74) is 5.06. The fourth-order valence-electron chi connectivity index (χ4n) is 2.54. The van der Waals surface area contributed by atoms with E-state index in [-0.39, 0.29) is 0 Å². The third-order valence-corrected chi connectivity index (χ3v) is 4.96. The lowest BCUT2D eigenvalue weighted by Crippen LogP contribution is -2.32. The number of benzene rings is 3. The van der Waals surface area contributed by atoms with E-state index < -0.39 is 11.8 Å². The van der Waals surface area contributed by atoms with Crippen LogP contribution < -0.4 is 15.5 Å². The van der Waals surface area contributed by atoms with Crippen molar-refractivity contribution in [1.82, 2.24) is 5.43 Å². The number of anilines is 1. The molecule has 0 aliphatic rings. The van der Waals surface area contributed by atoms with Crippen molar-refractivity contribution in [2.75, 3.05) is 5.32 Å². The second kappa shape index (κ2) is 10.6. The van der Waals surface area contributed by atoms with E-state index in [1.807, 2.05) is 24.3 Å². The molecule has 3 rings (SSSR count). The Morgan fingerprint density at radius 1 is 0.968 bits per heavy atom. The quantitative estimate of drug-likeness (QED) is 0.312. The summed E-state index contributed by atoms with van der Waals surface area (Å²) in [5, 5.41) is 7.49. The molecule has 0 spiro atoms. The van der Waals surface area contributed by atoms with Crippen LogP contribution >= 0.6 is 23.2 Å². The first-order valence-electron chi connectivity index (χ1n) is 9.29. The predicted molar refractivity (Wildman–Crippen MR) is 123 cm³/mol. The summed E-state index contributed by atoms with van der Waals surface area (Å²) in [6, 6.07) is 19.6. The Morgan fingerprint density at radius 2 is 1.68 bits per heavy atom. The van der Waals surface area contributed by atoms with Crippen molar-refractivity contribution in [3.63, 3.8) is 0 Å². The Labute approximate surface area is 189 Å². The van der Waals surface area contributed by atoms with Crippen molar-refractivity contribution < 1.29 is 14.3 Å². The average molecular weight is 456 g/mol. The van der Waals surface area contributed by atoms with E-state index in [9.17, 15) is 9.59 Å². The molecule has 3 aromatic rings. The topological polar surface area (TPSA) is 79.8 Å². The lowest BCUT2D eigenvalue weighted by molar-refractivity contribution is -0.136. The monoisotopic (exact) mass is 455 g/mol. The van der Waals surface area contributed by atoms with Gasteiger partial charge >= 0.3 is 11.8 Å². The zero-order chi connectivity index (χ0) is 22.2. The number of nitrogens with one attached hydrogen (secondary N) is 2. The number of ether oxygens (including phenoxy) is 1. The molecule has 2 N–H and O–H groups in total. The summed E-state index contributed by atoms with van der Waals surface area (Å²) in [6.07, 6.45) is 1.43. The van der Waals surface area contributed by atoms with E-state index in [0.717, 1.165) is 11.1 Å². The minimum Gasteiger partial charge on any atom is -0.489 e. The molecule has 0 fully saturated rings. The average Bonchev–Trinajstić information content (AvgIpc) is 2.77. The Hall–Kier alpha value is -3.35. The van der Waals surface area contributed by atoms with Crippen molar-refractivity contribution in [2.24, 2.45) is 5.10 Å². The van der Waals surface area contributed by atoms with E-state index >= 15 is 0 Å². The summed E-state index contributed by atoms with van der Waals surface area (Å²) in [4.78, 5) is 23.9. The molecular weight excluding hydrogens is 437 g/mol. The van der Waals surface area contributed by atoms with Gasteiger partial charge in [-0.05, 0) is 72.1 Å². The zero-order valence-corrected chi connectivity index (χ0v) is 18.1. The molecule has 0 aliphatic carbocycles. The largest absolute Gasteiger partial charge is 0.489 e. The molecule has 0 radical (unpaired) electrons. The van der Waals surface area contributed by atoms with E-state index in [2.05, 4.69) is 15.8 Å². The molecule has 0 saturated carbocycles. The maximum Gasteiger partial charge on any atom is 0.329 e. The third kappa shape index (κ3) is 6.57. The molecule has 2 amide bonds. The normalized spacial score (nSPS) is 10.7. The van der Waals surface area contributed by atoms with Gasteiger partial charge in [-0.25, -0.2) is 5.43 Å². The number of amides is 2. The van der Waals surface area contributed by atoms with Crippen molar-refractivity contribution in [2.45, 2.75) is 13.5 Å². The van der Waals surface area contributed by atoms with Gasteiger partial charge in [-0.15, -0.1) is 0 Å². The number of halogens is 2. The van der Waals surface area contributed by atoms with Gasteiger partial charge in [0.05, 0.1) is 6.21 Å². The molecule has 158 valence electrons. The van der Waals surface area contributed by atoms with Gasteiger partial charge in [0.1, 0.15) is 12.4 Å². The van der Waals surface area contributed by atoms with Crippen LogP contribution in [0.1, 0.15) is 16.7 Å². The van der Waals surface area contributed by atoms with Crippen LogP contribution in [-0.4, -0.2) is 18.0 Å². The van der Waals surface area contributed by atoms with Crippen LogP contribution in [0.3, 0.4) is 0 Å². The maximum absolute atomic E-state index is 12.0. The highest BCUT2D eigenvalue weighted by Crippen LogP contribution is 2.22. The number of rotatable bonds is 6. The number of carbonyl (C=O) groups excluding carboxylic acids is 2. The Balaban J connectivity index is 1.48. The highest BCUT2D eigenvalue weighted by atomic mass is 35.5. The van der Waals surface area contributed by atoms with Gasteiger partial charge in [0.15, 0.2) is 0 Å². The summed E-state index contributed by atoms with van der Waals surface area (Å²) in [5.74, 6) is -1.04. The van der Waals surface area contributed by atoms with Gasteiger partial charge < -0.3 is 10.1 Å². The number of hydrogen-bond acceptors (Lipinski definition) is 4. The van der Waals surface area contributed by atoms with Crippen LogP contribution in [0.15, 0.2) is 71.8 Å². The van der Waals surface area contributed by atoms with Crippen molar-refractivity contribution >= 4 is 46.9 Å². The van der Waals surface area contributed by atoms with E-state index in [0.29, 0.717) is 33.7 Å². The maximum atomic E-state index is 12.0. The lowest BCUT2D eigenvalue weighted by Gasteiger charge is -2.08. The van der Waals surface area contributed by atoms with Crippen LogP contribution in [0.5, 0.6) is 5.75 Å². The molecule has 8 heteroatoms. The SMILES string of the molecule is Cc1c(Cl)cccc1NC(=O)C(=O)NN=Cc1ccc(OCc2ccc(Cl)cc2)cc1.